The molecule has 30 heavy (non-hydrogen) atoms. The van der Waals surface area contributed by atoms with Gasteiger partial charge in [-0.25, -0.2) is 0 Å². The van der Waals surface area contributed by atoms with Gasteiger partial charge in [0.2, 0.25) is 5.91 Å². The number of benzene rings is 1. The van der Waals surface area contributed by atoms with E-state index in [1.54, 1.807) is 13.8 Å². The van der Waals surface area contributed by atoms with Gasteiger partial charge in [0.1, 0.15) is 10.6 Å². The number of rotatable bonds is 9. The number of hydrogen-bond donors (Lipinski definition) is 0. The van der Waals surface area contributed by atoms with Crippen LogP contribution in [0, 0.1) is 10.1 Å². The quantitative estimate of drug-likeness (QED) is 0.224. The lowest BCUT2D eigenvalue weighted by atomic mass is 10.3. The molecule has 0 heterocycles. The van der Waals surface area contributed by atoms with Crippen molar-refractivity contribution < 1.29 is 44.7 Å². The molecule has 0 aliphatic rings. The molecule has 0 bridgehead atoms. The summed E-state index contributed by atoms with van der Waals surface area (Å²) in [5.41, 5.74) is -1.06. The number of nitro groups is 1. The highest BCUT2D eigenvalue weighted by Gasteiger charge is 2.73. The fraction of sp³-hybridized carbons (Fsp3) is 0.533. The third-order valence-corrected chi connectivity index (χ3v) is 6.06. The molecular formula is C15H15F7N2O4S2. The van der Waals surface area contributed by atoms with Crippen molar-refractivity contribution >= 4 is 34.2 Å². The van der Waals surface area contributed by atoms with E-state index >= 15 is 0 Å². The molecular weight excluding hydrogens is 469 g/mol. The maximum atomic E-state index is 13.5. The second kappa shape index (κ2) is 9.49. The van der Waals surface area contributed by atoms with E-state index in [9.17, 15) is 49.9 Å². The highest BCUT2D eigenvalue weighted by molar-refractivity contribution is 8.00. The van der Waals surface area contributed by atoms with Gasteiger partial charge < -0.3 is 4.90 Å². The van der Waals surface area contributed by atoms with Gasteiger partial charge >= 0.3 is 17.4 Å². The van der Waals surface area contributed by atoms with Gasteiger partial charge in [-0.2, -0.15) is 30.7 Å². The molecule has 170 valence electrons. The first-order valence-electron chi connectivity index (χ1n) is 8.05. The SMILES string of the molecule is CCN(CC)C(=O)CS(=O)c1ccc(SC(F)(F)C(F)(F)C(F)(F)F)cc1[N+](=O)[O-]. The van der Waals surface area contributed by atoms with Gasteiger partial charge in [0.05, 0.1) is 15.7 Å². The summed E-state index contributed by atoms with van der Waals surface area (Å²) in [6.07, 6.45) is -6.55. The Labute approximate surface area is 172 Å². The fourth-order valence-corrected chi connectivity index (χ4v) is 4.13. The van der Waals surface area contributed by atoms with Crippen molar-refractivity contribution in [3.8, 4) is 0 Å². The van der Waals surface area contributed by atoms with Crippen molar-refractivity contribution in [2.45, 2.75) is 41.0 Å². The summed E-state index contributed by atoms with van der Waals surface area (Å²) in [5.74, 6) is -7.68. The zero-order chi connectivity index (χ0) is 23.5. The van der Waals surface area contributed by atoms with E-state index in [0.717, 1.165) is 0 Å². The van der Waals surface area contributed by atoms with Crippen LogP contribution in [0.4, 0.5) is 36.4 Å². The van der Waals surface area contributed by atoms with Gasteiger partial charge in [0.25, 0.3) is 5.69 Å². The van der Waals surface area contributed by atoms with Gasteiger partial charge in [0, 0.05) is 24.1 Å². The second-order valence-electron chi connectivity index (χ2n) is 5.63. The van der Waals surface area contributed by atoms with E-state index in [1.165, 1.54) is 4.90 Å². The maximum absolute atomic E-state index is 13.5. The largest absolute Gasteiger partial charge is 0.460 e. The normalized spacial score (nSPS) is 13.8. The molecule has 0 saturated carbocycles. The second-order valence-corrected chi connectivity index (χ2v) is 8.24. The van der Waals surface area contributed by atoms with Crippen LogP contribution in [0.5, 0.6) is 0 Å². The van der Waals surface area contributed by atoms with Crippen molar-refractivity contribution in [1.29, 1.82) is 0 Å². The van der Waals surface area contributed by atoms with Gasteiger partial charge in [-0.3, -0.25) is 19.1 Å². The zero-order valence-electron chi connectivity index (χ0n) is 15.3. The fourth-order valence-electron chi connectivity index (χ4n) is 2.13. The van der Waals surface area contributed by atoms with E-state index in [0.29, 0.717) is 18.2 Å². The van der Waals surface area contributed by atoms with Crippen LogP contribution < -0.4 is 0 Å². The number of alkyl halides is 7. The minimum atomic E-state index is -6.55. The van der Waals surface area contributed by atoms with Crippen LogP contribution >= 0.6 is 11.8 Å². The molecule has 0 aromatic heterocycles. The number of nitro benzene ring substituents is 1. The Balaban J connectivity index is 3.23. The van der Waals surface area contributed by atoms with Gasteiger partial charge in [0.15, 0.2) is 0 Å². The summed E-state index contributed by atoms with van der Waals surface area (Å²) in [5, 5.41) is 5.51. The van der Waals surface area contributed by atoms with E-state index < -0.39 is 72.0 Å². The Morgan fingerprint density at radius 3 is 2.10 bits per heavy atom. The average Bonchev–Trinajstić information content (AvgIpc) is 2.61. The standard InChI is InChI=1S/C15H15F7N2O4S2/c1-3-23(4-2)12(25)8-30(28)11-6-5-9(7-10(11)24(26)27)29-15(21,22)13(16,17)14(18,19)20/h5-7H,3-4,8H2,1-2H3. The summed E-state index contributed by atoms with van der Waals surface area (Å²) in [6, 6.07) is 1.57. The average molecular weight is 484 g/mol. The lowest BCUT2D eigenvalue weighted by Crippen LogP contribution is -2.49. The Morgan fingerprint density at radius 1 is 1.13 bits per heavy atom. The van der Waals surface area contributed by atoms with E-state index in [4.69, 9.17) is 0 Å². The Morgan fingerprint density at radius 2 is 1.67 bits per heavy atom. The summed E-state index contributed by atoms with van der Waals surface area (Å²) in [7, 11) is -2.29. The molecule has 6 nitrogen and oxygen atoms in total. The van der Waals surface area contributed by atoms with Gasteiger partial charge in [-0.15, -0.1) is 0 Å². The number of carbonyl (C=O) groups is 1. The predicted octanol–water partition coefficient (Wildman–Crippen LogP) is 4.45. The van der Waals surface area contributed by atoms with Crippen LogP contribution in [0.2, 0.25) is 0 Å². The van der Waals surface area contributed by atoms with E-state index in [2.05, 4.69) is 0 Å². The lowest BCUT2D eigenvalue weighted by molar-refractivity contribution is -0.388. The maximum Gasteiger partial charge on any atom is 0.460 e. The van der Waals surface area contributed by atoms with Crippen LogP contribution in [0.15, 0.2) is 28.0 Å². The summed E-state index contributed by atoms with van der Waals surface area (Å²) >= 11 is -1.22. The van der Waals surface area contributed by atoms with Crippen LogP contribution in [-0.4, -0.2) is 56.1 Å². The Kier molecular flexibility index (Phi) is 8.27. The zero-order valence-corrected chi connectivity index (χ0v) is 17.0. The number of halogens is 7. The van der Waals surface area contributed by atoms with Crippen molar-refractivity contribution in [2.75, 3.05) is 18.8 Å². The predicted molar refractivity (Wildman–Crippen MR) is 94.1 cm³/mol. The first-order chi connectivity index (χ1) is 13.6. The molecule has 0 spiro atoms. The topological polar surface area (TPSA) is 80.5 Å². The number of amides is 1. The monoisotopic (exact) mass is 484 g/mol. The van der Waals surface area contributed by atoms with Crippen LogP contribution in [0.25, 0.3) is 0 Å². The first kappa shape index (κ1) is 26.1. The van der Waals surface area contributed by atoms with Crippen LogP contribution in [0.3, 0.4) is 0 Å². The molecule has 1 amide bonds. The molecule has 1 unspecified atom stereocenters. The van der Waals surface area contributed by atoms with Crippen LogP contribution in [-0.2, 0) is 15.6 Å². The molecule has 0 aliphatic heterocycles. The minimum Gasteiger partial charge on any atom is -0.342 e. The molecule has 15 heteroatoms. The highest BCUT2D eigenvalue weighted by Crippen LogP contribution is 2.54. The molecule has 0 N–H and O–H groups in total. The molecule has 1 aromatic carbocycles. The van der Waals surface area contributed by atoms with Crippen molar-refractivity contribution in [1.82, 2.24) is 4.90 Å². The van der Waals surface area contributed by atoms with Crippen molar-refractivity contribution in [3.05, 3.63) is 28.3 Å². The summed E-state index contributed by atoms with van der Waals surface area (Å²) in [6.45, 7) is 3.81. The Bertz CT molecular complexity index is 830. The lowest BCUT2D eigenvalue weighted by Gasteiger charge is -2.27. The molecule has 1 atom stereocenters. The molecule has 1 aromatic rings. The molecule has 1 rings (SSSR count). The smallest absolute Gasteiger partial charge is 0.342 e. The van der Waals surface area contributed by atoms with Gasteiger partial charge in [-0.05, 0) is 37.7 Å². The number of hydrogen-bond acceptors (Lipinski definition) is 5. The van der Waals surface area contributed by atoms with Gasteiger partial charge in [-0.1, -0.05) is 0 Å². The molecule has 0 aliphatic carbocycles. The van der Waals surface area contributed by atoms with E-state index in [-0.39, 0.29) is 13.1 Å². The number of thioether (sulfide) groups is 1. The summed E-state index contributed by atoms with van der Waals surface area (Å²) < 4.78 is 102. The third-order valence-electron chi connectivity index (χ3n) is 3.71. The van der Waals surface area contributed by atoms with E-state index in [1.807, 2.05) is 0 Å². The molecule has 0 fully saturated rings. The number of carbonyl (C=O) groups excluding carboxylic acids is 1. The van der Waals surface area contributed by atoms with Crippen molar-refractivity contribution in [2.24, 2.45) is 0 Å². The minimum absolute atomic E-state index is 0.271. The highest BCUT2D eigenvalue weighted by atomic mass is 32.2. The summed E-state index contributed by atoms with van der Waals surface area (Å²) in [4.78, 5) is 21.8. The third kappa shape index (κ3) is 5.62. The molecule has 0 radical (unpaired) electrons. The Hall–Kier alpha value is -1.90. The van der Waals surface area contributed by atoms with Crippen molar-refractivity contribution in [3.63, 3.8) is 0 Å². The first-order valence-corrected chi connectivity index (χ1v) is 10.2. The van der Waals surface area contributed by atoms with Crippen LogP contribution in [0.1, 0.15) is 13.8 Å². The number of nitrogens with zero attached hydrogens (tertiary/aromatic N) is 2. The molecule has 0 saturated heterocycles.